The van der Waals surface area contributed by atoms with E-state index in [2.05, 4.69) is 16.4 Å². The number of fused-ring (bicyclic) bond motifs is 1. The fourth-order valence-corrected chi connectivity index (χ4v) is 1.90. The van der Waals surface area contributed by atoms with Gasteiger partial charge < -0.3 is 4.74 Å². The maximum Gasteiger partial charge on any atom is 0.145 e. The Balaban J connectivity index is 2.21. The molecule has 1 unspecified atom stereocenters. The van der Waals surface area contributed by atoms with E-state index in [0.717, 1.165) is 28.9 Å². The Morgan fingerprint density at radius 3 is 2.95 bits per heavy atom. The quantitative estimate of drug-likeness (QED) is 0.891. The lowest BCUT2D eigenvalue weighted by molar-refractivity contribution is 0.293. The van der Waals surface area contributed by atoms with E-state index in [1.807, 2.05) is 44.2 Å². The van der Waals surface area contributed by atoms with E-state index in [9.17, 15) is 0 Å². The van der Waals surface area contributed by atoms with Gasteiger partial charge in [-0.3, -0.25) is 5.32 Å². The highest BCUT2D eigenvalue weighted by atomic mass is 16.5. The van der Waals surface area contributed by atoms with Crippen molar-refractivity contribution in [2.75, 3.05) is 13.2 Å². The summed E-state index contributed by atoms with van der Waals surface area (Å²) >= 11 is 0. The van der Waals surface area contributed by atoms with E-state index in [1.54, 1.807) is 0 Å². The number of aryl methyl sites for hydroxylation is 1. The SMILES string of the molecule is CCNC(C#N)COc1cccc2ccc(C)nc12. The van der Waals surface area contributed by atoms with Crippen molar-refractivity contribution in [3.63, 3.8) is 0 Å². The zero-order chi connectivity index (χ0) is 13.7. The van der Waals surface area contributed by atoms with Gasteiger partial charge in [-0.2, -0.15) is 5.26 Å². The lowest BCUT2D eigenvalue weighted by Crippen LogP contribution is -2.33. The van der Waals surface area contributed by atoms with E-state index in [4.69, 9.17) is 10.00 Å². The molecular weight excluding hydrogens is 238 g/mol. The molecule has 0 fully saturated rings. The number of nitrogens with zero attached hydrogens (tertiary/aromatic N) is 2. The Morgan fingerprint density at radius 1 is 1.37 bits per heavy atom. The van der Waals surface area contributed by atoms with E-state index in [-0.39, 0.29) is 6.04 Å². The van der Waals surface area contributed by atoms with Crippen LogP contribution in [0.25, 0.3) is 10.9 Å². The molecule has 0 bridgehead atoms. The summed E-state index contributed by atoms with van der Waals surface area (Å²) in [5, 5.41) is 13.1. The molecule has 0 spiro atoms. The van der Waals surface area contributed by atoms with Crippen molar-refractivity contribution in [3.8, 4) is 11.8 Å². The minimum absolute atomic E-state index is 0.301. The lowest BCUT2D eigenvalue weighted by atomic mass is 10.2. The Hall–Kier alpha value is -2.12. The van der Waals surface area contributed by atoms with Crippen LogP contribution < -0.4 is 10.1 Å². The van der Waals surface area contributed by atoms with Gasteiger partial charge in [-0.25, -0.2) is 4.98 Å². The first-order chi connectivity index (χ1) is 9.24. The van der Waals surface area contributed by atoms with Crippen molar-refractivity contribution in [2.45, 2.75) is 19.9 Å². The molecular formula is C15H17N3O. The largest absolute Gasteiger partial charge is 0.489 e. The second kappa shape index (κ2) is 6.17. The van der Waals surface area contributed by atoms with Crippen molar-refractivity contribution in [3.05, 3.63) is 36.0 Å². The standard InChI is InChI=1S/C15H17N3O/c1-3-17-13(9-16)10-19-14-6-4-5-12-8-7-11(2)18-15(12)14/h4-8,13,17H,3,10H2,1-2H3. The molecule has 0 saturated heterocycles. The summed E-state index contributed by atoms with van der Waals surface area (Å²) in [5.74, 6) is 0.722. The number of aromatic nitrogens is 1. The molecule has 4 heteroatoms. The number of hydrogen-bond donors (Lipinski definition) is 1. The zero-order valence-corrected chi connectivity index (χ0v) is 11.2. The van der Waals surface area contributed by atoms with Crippen LogP contribution in [-0.4, -0.2) is 24.2 Å². The van der Waals surface area contributed by atoms with Gasteiger partial charge in [0.25, 0.3) is 0 Å². The van der Waals surface area contributed by atoms with Crippen molar-refractivity contribution < 1.29 is 4.74 Å². The maximum atomic E-state index is 8.98. The number of nitrogens with one attached hydrogen (secondary N) is 1. The predicted molar refractivity (Wildman–Crippen MR) is 75.1 cm³/mol. The first kappa shape index (κ1) is 13.3. The van der Waals surface area contributed by atoms with Crippen molar-refractivity contribution in [1.82, 2.24) is 10.3 Å². The molecule has 0 saturated carbocycles. The fourth-order valence-electron chi connectivity index (χ4n) is 1.90. The summed E-state index contributed by atoms with van der Waals surface area (Å²) < 4.78 is 5.73. The van der Waals surface area contributed by atoms with E-state index >= 15 is 0 Å². The molecule has 1 heterocycles. The molecule has 0 aliphatic heterocycles. The summed E-state index contributed by atoms with van der Waals surface area (Å²) in [7, 11) is 0. The zero-order valence-electron chi connectivity index (χ0n) is 11.2. The van der Waals surface area contributed by atoms with Crippen LogP contribution >= 0.6 is 0 Å². The van der Waals surface area contributed by atoms with Crippen LogP contribution in [0.2, 0.25) is 0 Å². The van der Waals surface area contributed by atoms with Gasteiger partial charge in [0.05, 0.1) is 6.07 Å². The highest BCUT2D eigenvalue weighted by Gasteiger charge is 2.09. The highest BCUT2D eigenvalue weighted by molar-refractivity contribution is 5.84. The predicted octanol–water partition coefficient (Wildman–Crippen LogP) is 2.42. The van der Waals surface area contributed by atoms with Crippen LogP contribution in [0.5, 0.6) is 5.75 Å². The van der Waals surface area contributed by atoms with Gasteiger partial charge in [0.2, 0.25) is 0 Å². The lowest BCUT2D eigenvalue weighted by Gasteiger charge is -2.13. The highest BCUT2D eigenvalue weighted by Crippen LogP contribution is 2.23. The van der Waals surface area contributed by atoms with E-state index in [0.29, 0.717) is 6.61 Å². The van der Waals surface area contributed by atoms with Crippen LogP contribution in [0.4, 0.5) is 0 Å². The molecule has 4 nitrogen and oxygen atoms in total. The molecule has 0 radical (unpaired) electrons. The average Bonchev–Trinajstić information content (AvgIpc) is 2.43. The number of nitriles is 1. The summed E-state index contributed by atoms with van der Waals surface area (Å²) in [5.41, 5.74) is 1.79. The monoisotopic (exact) mass is 255 g/mol. The molecule has 0 aliphatic carbocycles. The first-order valence-electron chi connectivity index (χ1n) is 6.36. The Kier molecular flexibility index (Phi) is 4.32. The van der Waals surface area contributed by atoms with Crippen LogP contribution in [0, 0.1) is 18.3 Å². The summed E-state index contributed by atoms with van der Waals surface area (Å²) in [4.78, 5) is 4.50. The normalized spacial score (nSPS) is 12.1. The second-order valence-electron chi connectivity index (χ2n) is 4.33. The minimum atomic E-state index is -0.301. The van der Waals surface area contributed by atoms with Gasteiger partial charge in [-0.1, -0.05) is 25.1 Å². The van der Waals surface area contributed by atoms with Crippen molar-refractivity contribution >= 4 is 10.9 Å². The molecule has 0 amide bonds. The van der Waals surface area contributed by atoms with Gasteiger partial charge in [0.1, 0.15) is 23.9 Å². The summed E-state index contributed by atoms with van der Waals surface area (Å²) in [6, 6.07) is 11.7. The van der Waals surface area contributed by atoms with Gasteiger partial charge in [0.15, 0.2) is 0 Å². The molecule has 98 valence electrons. The molecule has 2 rings (SSSR count). The molecule has 1 aromatic carbocycles. The first-order valence-corrected chi connectivity index (χ1v) is 6.36. The van der Waals surface area contributed by atoms with Gasteiger partial charge in [-0.05, 0) is 25.6 Å². The Morgan fingerprint density at radius 2 is 2.21 bits per heavy atom. The maximum absolute atomic E-state index is 8.98. The average molecular weight is 255 g/mol. The van der Waals surface area contributed by atoms with E-state index in [1.165, 1.54) is 0 Å². The summed E-state index contributed by atoms with van der Waals surface area (Å²) in [6.45, 7) is 4.98. The minimum Gasteiger partial charge on any atom is -0.489 e. The number of para-hydroxylation sites is 1. The van der Waals surface area contributed by atoms with Crippen LogP contribution in [0.1, 0.15) is 12.6 Å². The van der Waals surface area contributed by atoms with Gasteiger partial charge in [-0.15, -0.1) is 0 Å². The van der Waals surface area contributed by atoms with E-state index < -0.39 is 0 Å². The molecule has 1 atom stereocenters. The molecule has 19 heavy (non-hydrogen) atoms. The number of pyridine rings is 1. The molecule has 2 aromatic rings. The molecule has 1 aromatic heterocycles. The number of ether oxygens (including phenoxy) is 1. The van der Waals surface area contributed by atoms with Crippen molar-refractivity contribution in [2.24, 2.45) is 0 Å². The van der Waals surface area contributed by atoms with Crippen LogP contribution in [0.3, 0.4) is 0 Å². The van der Waals surface area contributed by atoms with Crippen molar-refractivity contribution in [1.29, 1.82) is 5.26 Å². The topological polar surface area (TPSA) is 57.9 Å². The van der Waals surface area contributed by atoms with Crippen LogP contribution in [0.15, 0.2) is 30.3 Å². The summed E-state index contributed by atoms with van der Waals surface area (Å²) in [6.07, 6.45) is 0. The number of benzene rings is 1. The Bertz CT molecular complexity index is 604. The number of hydrogen-bond acceptors (Lipinski definition) is 4. The molecule has 0 aliphatic rings. The third-order valence-corrected chi connectivity index (χ3v) is 2.83. The third kappa shape index (κ3) is 3.21. The van der Waals surface area contributed by atoms with Crippen LogP contribution in [-0.2, 0) is 0 Å². The third-order valence-electron chi connectivity index (χ3n) is 2.83. The number of rotatable bonds is 5. The van der Waals surface area contributed by atoms with Gasteiger partial charge in [0, 0.05) is 11.1 Å². The number of likely N-dealkylation sites (N-methyl/N-ethyl adjacent to an activating group) is 1. The second-order valence-corrected chi connectivity index (χ2v) is 4.33. The molecule has 1 N–H and O–H groups in total. The van der Waals surface area contributed by atoms with Gasteiger partial charge >= 0.3 is 0 Å². The smallest absolute Gasteiger partial charge is 0.145 e. The Labute approximate surface area is 113 Å². The fraction of sp³-hybridized carbons (Fsp3) is 0.333.